The maximum atomic E-state index is 4.14. The zero-order chi connectivity index (χ0) is 32.7. The fourth-order valence-corrected chi connectivity index (χ4v) is 6.24. The number of anilines is 2. The Bertz CT molecular complexity index is 2220. The molecule has 7 aromatic rings. The van der Waals surface area contributed by atoms with Crippen molar-refractivity contribution < 1.29 is 0 Å². The monoisotopic (exact) mass is 615 g/mol. The molecule has 7 rings (SSSR count). The van der Waals surface area contributed by atoms with Crippen molar-refractivity contribution in [2.24, 2.45) is 0 Å². The Labute approximate surface area is 284 Å². The number of benzene rings is 7. The van der Waals surface area contributed by atoms with Crippen molar-refractivity contribution in [3.63, 3.8) is 0 Å². The highest BCUT2D eigenvalue weighted by Gasteiger charge is 2.12. The van der Waals surface area contributed by atoms with Gasteiger partial charge in [0, 0.05) is 17.1 Å². The van der Waals surface area contributed by atoms with Crippen LogP contribution in [0.2, 0.25) is 0 Å². The van der Waals surface area contributed by atoms with Gasteiger partial charge in [-0.25, -0.2) is 0 Å². The number of allylic oxidation sites excluding steroid dienone is 5. The zero-order valence-electron chi connectivity index (χ0n) is 27.1. The molecule has 0 aromatic heterocycles. The molecule has 1 heteroatoms. The second-order valence-corrected chi connectivity index (χ2v) is 11.9. The molecule has 0 amide bonds. The molecular formula is C47H37N. The molecule has 0 aliphatic carbocycles. The summed E-state index contributed by atoms with van der Waals surface area (Å²) in [7, 11) is 0. The number of rotatable bonds is 9. The fourth-order valence-electron chi connectivity index (χ4n) is 6.24. The lowest BCUT2D eigenvalue weighted by Gasteiger charge is -2.26. The first kappa shape index (κ1) is 30.5. The Morgan fingerprint density at radius 3 is 1.62 bits per heavy atom. The van der Waals surface area contributed by atoms with Gasteiger partial charge in [0.05, 0.1) is 0 Å². The third kappa shape index (κ3) is 6.67. The third-order valence-electron chi connectivity index (χ3n) is 8.82. The van der Waals surface area contributed by atoms with Crippen molar-refractivity contribution in [3.8, 4) is 33.4 Å². The van der Waals surface area contributed by atoms with E-state index in [-0.39, 0.29) is 0 Å². The van der Waals surface area contributed by atoms with E-state index in [4.69, 9.17) is 0 Å². The lowest BCUT2D eigenvalue weighted by molar-refractivity contribution is 1.16. The van der Waals surface area contributed by atoms with Crippen LogP contribution in [0, 0.1) is 0 Å². The van der Waals surface area contributed by atoms with E-state index in [2.05, 4.69) is 200 Å². The molecule has 7 aromatic carbocycles. The maximum Gasteiger partial charge on any atom is 0.0458 e. The molecule has 0 N–H and O–H groups in total. The molecule has 0 radical (unpaired) electrons. The van der Waals surface area contributed by atoms with Crippen molar-refractivity contribution >= 4 is 27.7 Å². The van der Waals surface area contributed by atoms with Crippen LogP contribution >= 0.6 is 0 Å². The highest BCUT2D eigenvalue weighted by molar-refractivity contribution is 5.87. The quantitative estimate of drug-likeness (QED) is 0.146. The molecule has 0 saturated carbocycles. The average Bonchev–Trinajstić information content (AvgIpc) is 3.16. The predicted molar refractivity (Wildman–Crippen MR) is 207 cm³/mol. The van der Waals surface area contributed by atoms with Gasteiger partial charge in [0.2, 0.25) is 0 Å². The first-order chi connectivity index (χ1) is 23.7. The summed E-state index contributed by atoms with van der Waals surface area (Å²) in [5.74, 6) is 0. The van der Waals surface area contributed by atoms with Crippen LogP contribution in [-0.2, 0) is 0 Å². The van der Waals surface area contributed by atoms with Gasteiger partial charge in [-0.1, -0.05) is 158 Å². The van der Waals surface area contributed by atoms with Gasteiger partial charge in [-0.15, -0.1) is 0 Å². The molecule has 0 saturated heterocycles. The van der Waals surface area contributed by atoms with Gasteiger partial charge in [-0.3, -0.25) is 0 Å². The summed E-state index contributed by atoms with van der Waals surface area (Å²) in [4.78, 5) is 2.30. The van der Waals surface area contributed by atoms with Gasteiger partial charge in [-0.2, -0.15) is 0 Å². The van der Waals surface area contributed by atoms with E-state index in [1.54, 1.807) is 0 Å². The number of fused-ring (bicyclic) bond motifs is 1. The van der Waals surface area contributed by atoms with E-state index in [9.17, 15) is 0 Å². The Morgan fingerprint density at radius 1 is 0.438 bits per heavy atom. The molecule has 0 spiro atoms. The predicted octanol–water partition coefficient (Wildman–Crippen LogP) is 13.2. The fraction of sp³-hybridized carbons (Fsp3) is 0.0213. The molecule has 230 valence electrons. The smallest absolute Gasteiger partial charge is 0.0458 e. The Kier molecular flexibility index (Phi) is 8.93. The van der Waals surface area contributed by atoms with Crippen molar-refractivity contribution in [2.75, 3.05) is 4.90 Å². The summed E-state index contributed by atoms with van der Waals surface area (Å²) in [6.07, 6.45) is 6.27. The Balaban J connectivity index is 1.16. The van der Waals surface area contributed by atoms with E-state index in [1.807, 2.05) is 12.1 Å². The molecule has 0 bridgehead atoms. The first-order valence-electron chi connectivity index (χ1n) is 16.4. The van der Waals surface area contributed by atoms with E-state index in [0.717, 1.165) is 28.2 Å². The lowest BCUT2D eigenvalue weighted by Crippen LogP contribution is -2.14. The van der Waals surface area contributed by atoms with Gasteiger partial charge in [0.25, 0.3) is 0 Å². The van der Waals surface area contributed by atoms with Crippen molar-refractivity contribution in [1.29, 1.82) is 0 Å². The molecule has 0 unspecified atom stereocenters. The summed E-state index contributed by atoms with van der Waals surface area (Å²) < 4.78 is 0. The van der Waals surface area contributed by atoms with Crippen molar-refractivity contribution in [1.82, 2.24) is 0 Å². The number of hydrogen-bond donors (Lipinski definition) is 0. The summed E-state index contributed by atoms with van der Waals surface area (Å²) in [6.45, 7) is 6.30. The summed E-state index contributed by atoms with van der Waals surface area (Å²) in [5.41, 5.74) is 12.7. The normalized spacial score (nSPS) is 11.8. The van der Waals surface area contributed by atoms with Crippen LogP contribution in [0.1, 0.15) is 12.5 Å². The standard InChI is InChI=1S/C47H37N/c1-3-36(42-17-12-18-44(33-42)37-13-6-4-7-14-37)22-21-35(2)48(46-19-8-5-9-20-46)47-31-29-40(30-32-47)39-23-25-41(26-24-39)45-28-27-38-15-10-11-16-43(38)34-45/h3-34H,1H2,2H3/b35-21+,36-22+. The molecule has 0 aliphatic heterocycles. The molecule has 48 heavy (non-hydrogen) atoms. The molecule has 0 atom stereocenters. The van der Waals surface area contributed by atoms with Gasteiger partial charge in [0.15, 0.2) is 0 Å². The second-order valence-electron chi connectivity index (χ2n) is 11.9. The minimum Gasteiger partial charge on any atom is -0.315 e. The van der Waals surface area contributed by atoms with Gasteiger partial charge >= 0.3 is 0 Å². The molecule has 0 fully saturated rings. The van der Waals surface area contributed by atoms with E-state index < -0.39 is 0 Å². The molecule has 0 heterocycles. The highest BCUT2D eigenvalue weighted by Crippen LogP contribution is 2.33. The van der Waals surface area contributed by atoms with Crippen LogP contribution in [-0.4, -0.2) is 0 Å². The maximum absolute atomic E-state index is 4.14. The largest absolute Gasteiger partial charge is 0.315 e. The van der Waals surface area contributed by atoms with Crippen LogP contribution in [0.5, 0.6) is 0 Å². The van der Waals surface area contributed by atoms with Crippen LogP contribution in [0.15, 0.2) is 206 Å². The number of hydrogen-bond acceptors (Lipinski definition) is 1. The SMILES string of the molecule is C=C/C(=C\C=C(/C)N(c1ccccc1)c1ccc(-c2ccc(-c3ccc4ccccc4c3)cc2)cc1)c1cccc(-c2ccccc2)c1. The van der Waals surface area contributed by atoms with Crippen LogP contribution in [0.25, 0.3) is 49.7 Å². The number of para-hydroxylation sites is 1. The lowest BCUT2D eigenvalue weighted by atomic mass is 9.98. The summed E-state index contributed by atoms with van der Waals surface area (Å²) >= 11 is 0. The highest BCUT2D eigenvalue weighted by atomic mass is 15.1. The van der Waals surface area contributed by atoms with Crippen LogP contribution < -0.4 is 4.90 Å². The first-order valence-corrected chi connectivity index (χ1v) is 16.4. The molecule has 0 aliphatic rings. The Morgan fingerprint density at radius 2 is 0.938 bits per heavy atom. The van der Waals surface area contributed by atoms with E-state index >= 15 is 0 Å². The molecular weight excluding hydrogens is 579 g/mol. The average molecular weight is 616 g/mol. The van der Waals surface area contributed by atoms with Gasteiger partial charge in [0.1, 0.15) is 0 Å². The minimum absolute atomic E-state index is 1.07. The van der Waals surface area contributed by atoms with Gasteiger partial charge < -0.3 is 4.90 Å². The van der Waals surface area contributed by atoms with Crippen molar-refractivity contribution in [2.45, 2.75) is 6.92 Å². The summed E-state index contributed by atoms with van der Waals surface area (Å²) in [5, 5.41) is 2.52. The topological polar surface area (TPSA) is 3.24 Å². The second kappa shape index (κ2) is 14.1. The van der Waals surface area contributed by atoms with Crippen LogP contribution in [0.4, 0.5) is 11.4 Å². The Hall–Kier alpha value is -6.18. The van der Waals surface area contributed by atoms with E-state index in [0.29, 0.717) is 0 Å². The van der Waals surface area contributed by atoms with Crippen molar-refractivity contribution in [3.05, 3.63) is 212 Å². The minimum atomic E-state index is 1.07. The summed E-state index contributed by atoms with van der Waals surface area (Å²) in [6, 6.07) is 62.5. The van der Waals surface area contributed by atoms with E-state index in [1.165, 1.54) is 44.2 Å². The number of nitrogens with zero attached hydrogens (tertiary/aromatic N) is 1. The zero-order valence-corrected chi connectivity index (χ0v) is 27.1. The molecule has 1 nitrogen and oxygen atoms in total. The van der Waals surface area contributed by atoms with Gasteiger partial charge in [-0.05, 0) is 105 Å². The third-order valence-corrected chi connectivity index (χ3v) is 8.82. The van der Waals surface area contributed by atoms with Crippen LogP contribution in [0.3, 0.4) is 0 Å².